The van der Waals surface area contributed by atoms with E-state index in [0.717, 1.165) is 12.8 Å². The molecule has 1 atom stereocenters. The van der Waals surface area contributed by atoms with Crippen molar-refractivity contribution in [2.75, 3.05) is 0 Å². The van der Waals surface area contributed by atoms with Gasteiger partial charge in [0.05, 0.1) is 0 Å². The molecule has 2 nitrogen and oxygen atoms in total. The lowest BCUT2D eigenvalue weighted by Gasteiger charge is -1.96. The molecule has 1 aliphatic carbocycles. The molecule has 2 heteroatoms. The highest BCUT2D eigenvalue weighted by Crippen LogP contribution is 2.30. The number of carbonyl (C=O) groups is 1. The average Bonchev–Trinajstić information content (AvgIpc) is 2.22. The van der Waals surface area contributed by atoms with E-state index in [-0.39, 0.29) is 5.91 Å². The minimum absolute atomic E-state index is 0.200. The molecular weight excluding hydrogens is 114 g/mol. The third kappa shape index (κ3) is 0.661. The maximum atomic E-state index is 10.7. The van der Waals surface area contributed by atoms with E-state index in [1.165, 1.54) is 12.1 Å². The molecule has 2 rings (SSSR count). The Kier molecular flexibility index (Phi) is 0.891. The van der Waals surface area contributed by atoms with Crippen molar-refractivity contribution in [3.63, 3.8) is 0 Å². The minimum Gasteiger partial charge on any atom is -0.330 e. The van der Waals surface area contributed by atoms with Crippen LogP contribution in [0.1, 0.15) is 19.3 Å². The largest absolute Gasteiger partial charge is 0.330 e. The SMILES string of the molecule is O=C1CC2CCC=C2N1. The van der Waals surface area contributed by atoms with Crippen LogP contribution in [0.15, 0.2) is 11.8 Å². The molecule has 0 aromatic carbocycles. The number of amides is 1. The van der Waals surface area contributed by atoms with Crippen molar-refractivity contribution < 1.29 is 4.79 Å². The van der Waals surface area contributed by atoms with Gasteiger partial charge in [-0.05, 0) is 12.8 Å². The quantitative estimate of drug-likeness (QED) is 0.507. The maximum absolute atomic E-state index is 10.7. The molecule has 0 aromatic rings. The number of hydrogen-bond donors (Lipinski definition) is 1. The Morgan fingerprint density at radius 1 is 1.67 bits per heavy atom. The molecule has 0 aromatic heterocycles. The van der Waals surface area contributed by atoms with E-state index in [1.807, 2.05) is 0 Å². The number of nitrogens with one attached hydrogen (secondary N) is 1. The van der Waals surface area contributed by atoms with Crippen LogP contribution < -0.4 is 5.32 Å². The second kappa shape index (κ2) is 1.59. The summed E-state index contributed by atoms with van der Waals surface area (Å²) in [5.74, 6) is 0.753. The average molecular weight is 123 g/mol. The Balaban J connectivity index is 2.24. The van der Waals surface area contributed by atoms with Gasteiger partial charge in [0.1, 0.15) is 0 Å². The smallest absolute Gasteiger partial charge is 0.224 e. The van der Waals surface area contributed by atoms with Gasteiger partial charge in [-0.15, -0.1) is 0 Å². The second-order valence-electron chi connectivity index (χ2n) is 2.69. The third-order valence-corrected chi connectivity index (χ3v) is 2.03. The van der Waals surface area contributed by atoms with E-state index in [9.17, 15) is 4.79 Å². The van der Waals surface area contributed by atoms with Crippen molar-refractivity contribution in [1.29, 1.82) is 0 Å². The van der Waals surface area contributed by atoms with Crippen LogP contribution in [0.25, 0.3) is 0 Å². The predicted molar refractivity (Wildman–Crippen MR) is 33.6 cm³/mol. The van der Waals surface area contributed by atoms with Gasteiger partial charge in [0.2, 0.25) is 5.91 Å². The van der Waals surface area contributed by atoms with Gasteiger partial charge in [-0.25, -0.2) is 0 Å². The van der Waals surface area contributed by atoms with Crippen LogP contribution in [-0.4, -0.2) is 5.91 Å². The monoisotopic (exact) mass is 123 g/mol. The van der Waals surface area contributed by atoms with E-state index in [0.29, 0.717) is 5.92 Å². The molecule has 0 saturated carbocycles. The molecule has 1 heterocycles. The molecule has 0 radical (unpaired) electrons. The Hall–Kier alpha value is -0.790. The van der Waals surface area contributed by atoms with E-state index >= 15 is 0 Å². The summed E-state index contributed by atoms with van der Waals surface area (Å²) in [4.78, 5) is 10.7. The van der Waals surface area contributed by atoms with Gasteiger partial charge in [-0.1, -0.05) is 6.08 Å². The molecule has 1 unspecified atom stereocenters. The van der Waals surface area contributed by atoms with Crippen molar-refractivity contribution in [2.45, 2.75) is 19.3 Å². The molecule has 48 valence electrons. The fourth-order valence-corrected chi connectivity index (χ4v) is 1.56. The fraction of sp³-hybridized carbons (Fsp3) is 0.571. The molecule has 0 bridgehead atoms. The molecule has 0 spiro atoms. The Morgan fingerprint density at radius 2 is 2.56 bits per heavy atom. The predicted octanol–water partition coefficient (Wildman–Crippen LogP) is 0.800. The number of allylic oxidation sites excluding steroid dienone is 2. The van der Waals surface area contributed by atoms with Crippen molar-refractivity contribution in [1.82, 2.24) is 5.32 Å². The standard InChI is InChI=1S/C7H9NO/c9-7-4-5-2-1-3-6(5)8-7/h3,5H,1-2,4H2,(H,8,9). The molecule has 1 aliphatic heterocycles. The first-order valence-electron chi connectivity index (χ1n) is 3.36. The van der Waals surface area contributed by atoms with Crippen molar-refractivity contribution >= 4 is 5.91 Å². The number of carbonyl (C=O) groups excluding carboxylic acids is 1. The summed E-state index contributed by atoms with van der Waals surface area (Å²) in [6.07, 6.45) is 5.19. The minimum atomic E-state index is 0.200. The van der Waals surface area contributed by atoms with Crippen LogP contribution in [0.2, 0.25) is 0 Å². The zero-order chi connectivity index (χ0) is 6.27. The van der Waals surface area contributed by atoms with Crippen LogP contribution in [0, 0.1) is 5.92 Å². The molecule has 9 heavy (non-hydrogen) atoms. The first-order valence-corrected chi connectivity index (χ1v) is 3.36. The topological polar surface area (TPSA) is 29.1 Å². The summed E-state index contributed by atoms with van der Waals surface area (Å²) < 4.78 is 0. The first-order chi connectivity index (χ1) is 4.36. The van der Waals surface area contributed by atoms with E-state index in [1.54, 1.807) is 0 Å². The number of rotatable bonds is 0. The fourth-order valence-electron chi connectivity index (χ4n) is 1.56. The lowest BCUT2D eigenvalue weighted by atomic mass is 10.1. The van der Waals surface area contributed by atoms with Gasteiger partial charge in [0.25, 0.3) is 0 Å². The first kappa shape index (κ1) is 5.03. The van der Waals surface area contributed by atoms with E-state index in [4.69, 9.17) is 0 Å². The second-order valence-corrected chi connectivity index (χ2v) is 2.69. The van der Waals surface area contributed by atoms with Crippen molar-refractivity contribution in [3.05, 3.63) is 11.8 Å². The summed E-state index contributed by atoms with van der Waals surface area (Å²) in [7, 11) is 0. The molecule has 2 aliphatic rings. The zero-order valence-corrected chi connectivity index (χ0v) is 5.18. The zero-order valence-electron chi connectivity index (χ0n) is 5.18. The Morgan fingerprint density at radius 3 is 3.33 bits per heavy atom. The molecule has 1 N–H and O–H groups in total. The van der Waals surface area contributed by atoms with Gasteiger partial charge in [0.15, 0.2) is 0 Å². The molecule has 1 amide bonds. The lowest BCUT2D eigenvalue weighted by Crippen LogP contribution is -2.11. The summed E-state index contributed by atoms with van der Waals surface area (Å²) in [6.45, 7) is 0. The van der Waals surface area contributed by atoms with Gasteiger partial charge < -0.3 is 5.32 Å². The van der Waals surface area contributed by atoms with Crippen molar-refractivity contribution in [2.24, 2.45) is 5.92 Å². The molecule has 1 fully saturated rings. The summed E-state index contributed by atoms with van der Waals surface area (Å²) in [5, 5.41) is 2.84. The highest BCUT2D eigenvalue weighted by atomic mass is 16.1. The highest BCUT2D eigenvalue weighted by molar-refractivity contribution is 5.82. The number of fused-ring (bicyclic) bond motifs is 1. The number of hydrogen-bond acceptors (Lipinski definition) is 1. The van der Waals surface area contributed by atoms with Crippen LogP contribution >= 0.6 is 0 Å². The van der Waals surface area contributed by atoms with Gasteiger partial charge >= 0.3 is 0 Å². The van der Waals surface area contributed by atoms with Gasteiger partial charge in [-0.3, -0.25) is 4.79 Å². The van der Waals surface area contributed by atoms with Crippen LogP contribution in [0.5, 0.6) is 0 Å². The summed E-state index contributed by atoms with van der Waals surface area (Å²) >= 11 is 0. The summed E-state index contributed by atoms with van der Waals surface area (Å²) in [6, 6.07) is 0. The maximum Gasteiger partial charge on any atom is 0.224 e. The van der Waals surface area contributed by atoms with E-state index < -0.39 is 0 Å². The Bertz CT molecular complexity index is 183. The van der Waals surface area contributed by atoms with E-state index in [2.05, 4.69) is 11.4 Å². The summed E-state index contributed by atoms with van der Waals surface area (Å²) in [5.41, 5.74) is 1.18. The van der Waals surface area contributed by atoms with Crippen molar-refractivity contribution in [3.8, 4) is 0 Å². The van der Waals surface area contributed by atoms with Gasteiger partial charge in [0, 0.05) is 18.0 Å². The van der Waals surface area contributed by atoms with Crippen LogP contribution in [0.4, 0.5) is 0 Å². The highest BCUT2D eigenvalue weighted by Gasteiger charge is 2.29. The molecule has 1 saturated heterocycles. The lowest BCUT2D eigenvalue weighted by molar-refractivity contribution is -0.119. The normalized spacial score (nSPS) is 31.8. The van der Waals surface area contributed by atoms with Crippen LogP contribution in [0.3, 0.4) is 0 Å². The van der Waals surface area contributed by atoms with Gasteiger partial charge in [-0.2, -0.15) is 0 Å². The van der Waals surface area contributed by atoms with Crippen LogP contribution in [-0.2, 0) is 4.79 Å². The Labute approximate surface area is 53.9 Å². The third-order valence-electron chi connectivity index (χ3n) is 2.03. The molecular formula is C7H9NO.